The molecule has 0 spiro atoms. The fraction of sp³-hybridized carbons (Fsp3) is 0.100. The highest BCUT2D eigenvalue weighted by Gasteiger charge is 2.09. The molecule has 0 fully saturated rings. The number of nitrogens with two attached hydrogens (primary N) is 1. The SMILES string of the molecule is Cc1cnc2ncc(-c3csc(N)n3)n2c1. The molecule has 3 aromatic heterocycles. The summed E-state index contributed by atoms with van der Waals surface area (Å²) >= 11 is 1.42. The molecule has 5 nitrogen and oxygen atoms in total. The molecule has 16 heavy (non-hydrogen) atoms. The molecular formula is C10H9N5S. The van der Waals surface area contributed by atoms with Crippen molar-refractivity contribution in [2.45, 2.75) is 6.92 Å². The summed E-state index contributed by atoms with van der Waals surface area (Å²) in [6.07, 6.45) is 5.54. The van der Waals surface area contributed by atoms with Crippen molar-refractivity contribution in [3.63, 3.8) is 0 Å². The van der Waals surface area contributed by atoms with Crippen LogP contribution in [-0.4, -0.2) is 19.4 Å². The van der Waals surface area contributed by atoms with Crippen molar-refractivity contribution in [2.24, 2.45) is 0 Å². The van der Waals surface area contributed by atoms with Crippen LogP contribution in [0.25, 0.3) is 17.2 Å². The molecule has 0 atom stereocenters. The number of hydrogen-bond acceptors (Lipinski definition) is 5. The van der Waals surface area contributed by atoms with Gasteiger partial charge in [-0.1, -0.05) is 0 Å². The minimum Gasteiger partial charge on any atom is -0.375 e. The Bertz CT molecular complexity index is 654. The zero-order chi connectivity index (χ0) is 11.1. The number of fused-ring (bicyclic) bond motifs is 1. The van der Waals surface area contributed by atoms with Crippen molar-refractivity contribution < 1.29 is 0 Å². The average Bonchev–Trinajstić information content (AvgIpc) is 2.83. The highest BCUT2D eigenvalue weighted by molar-refractivity contribution is 7.13. The minimum atomic E-state index is 0.561. The molecule has 0 aromatic carbocycles. The summed E-state index contributed by atoms with van der Waals surface area (Å²) in [5.41, 5.74) is 8.45. The van der Waals surface area contributed by atoms with E-state index in [1.54, 1.807) is 12.4 Å². The lowest BCUT2D eigenvalue weighted by Crippen LogP contribution is -1.92. The van der Waals surface area contributed by atoms with Gasteiger partial charge in [-0.3, -0.25) is 4.40 Å². The van der Waals surface area contributed by atoms with Gasteiger partial charge >= 0.3 is 0 Å². The van der Waals surface area contributed by atoms with Gasteiger partial charge in [0.1, 0.15) is 5.69 Å². The third-order valence-corrected chi connectivity index (χ3v) is 2.95. The van der Waals surface area contributed by atoms with Crippen LogP contribution in [0.15, 0.2) is 24.0 Å². The molecule has 3 aromatic rings. The van der Waals surface area contributed by atoms with Crippen molar-refractivity contribution >= 4 is 22.2 Å². The summed E-state index contributed by atoms with van der Waals surface area (Å²) in [5, 5.41) is 2.48. The lowest BCUT2D eigenvalue weighted by atomic mass is 10.3. The van der Waals surface area contributed by atoms with Crippen LogP contribution in [0.4, 0.5) is 5.13 Å². The second kappa shape index (κ2) is 3.28. The van der Waals surface area contributed by atoms with Crippen LogP contribution in [0.5, 0.6) is 0 Å². The maximum Gasteiger partial charge on any atom is 0.234 e. The van der Waals surface area contributed by atoms with Crippen LogP contribution in [0.1, 0.15) is 5.56 Å². The van der Waals surface area contributed by atoms with Gasteiger partial charge in [-0.15, -0.1) is 11.3 Å². The third-order valence-electron chi connectivity index (χ3n) is 2.28. The quantitative estimate of drug-likeness (QED) is 0.692. The van der Waals surface area contributed by atoms with Gasteiger partial charge in [0.15, 0.2) is 5.13 Å². The topological polar surface area (TPSA) is 69.1 Å². The van der Waals surface area contributed by atoms with Crippen molar-refractivity contribution in [1.82, 2.24) is 19.4 Å². The number of aryl methyl sites for hydroxylation is 1. The fourth-order valence-electron chi connectivity index (χ4n) is 1.57. The van der Waals surface area contributed by atoms with Gasteiger partial charge in [-0.05, 0) is 12.5 Å². The predicted molar refractivity (Wildman–Crippen MR) is 63.2 cm³/mol. The van der Waals surface area contributed by atoms with Crippen LogP contribution >= 0.6 is 11.3 Å². The summed E-state index contributed by atoms with van der Waals surface area (Å²) in [6.45, 7) is 1.99. The van der Waals surface area contributed by atoms with Gasteiger partial charge < -0.3 is 5.73 Å². The Balaban J connectivity index is 2.27. The Kier molecular flexibility index (Phi) is 1.90. The van der Waals surface area contributed by atoms with Gasteiger partial charge in [0.05, 0.1) is 11.9 Å². The minimum absolute atomic E-state index is 0.561. The highest BCUT2D eigenvalue weighted by Crippen LogP contribution is 2.23. The maximum absolute atomic E-state index is 5.62. The lowest BCUT2D eigenvalue weighted by molar-refractivity contribution is 1.08. The van der Waals surface area contributed by atoms with Gasteiger partial charge in [-0.2, -0.15) is 0 Å². The number of aromatic nitrogens is 4. The van der Waals surface area contributed by atoms with Gasteiger partial charge in [0.2, 0.25) is 5.78 Å². The van der Waals surface area contributed by atoms with Gasteiger partial charge in [0, 0.05) is 17.8 Å². The fourth-order valence-corrected chi connectivity index (χ4v) is 2.12. The van der Waals surface area contributed by atoms with Crippen molar-refractivity contribution in [3.05, 3.63) is 29.5 Å². The van der Waals surface area contributed by atoms with E-state index in [1.807, 2.05) is 22.9 Å². The summed E-state index contributed by atoms with van der Waals surface area (Å²) in [4.78, 5) is 12.7. The van der Waals surface area contributed by atoms with Crippen molar-refractivity contribution in [3.8, 4) is 11.4 Å². The first-order chi connectivity index (χ1) is 7.74. The first-order valence-corrected chi connectivity index (χ1v) is 5.63. The third kappa shape index (κ3) is 1.35. The summed E-state index contributed by atoms with van der Waals surface area (Å²) in [5.74, 6) is 0.673. The summed E-state index contributed by atoms with van der Waals surface area (Å²) in [6, 6.07) is 0. The first kappa shape index (κ1) is 9.29. The molecule has 0 radical (unpaired) electrons. The highest BCUT2D eigenvalue weighted by atomic mass is 32.1. The molecule has 0 aliphatic heterocycles. The second-order valence-corrected chi connectivity index (χ2v) is 4.41. The number of imidazole rings is 1. The zero-order valence-electron chi connectivity index (χ0n) is 8.58. The Morgan fingerprint density at radius 1 is 1.31 bits per heavy atom. The Hall–Kier alpha value is -1.95. The van der Waals surface area contributed by atoms with Crippen molar-refractivity contribution in [2.75, 3.05) is 5.73 Å². The van der Waals surface area contributed by atoms with E-state index in [1.165, 1.54) is 11.3 Å². The first-order valence-electron chi connectivity index (χ1n) is 4.75. The predicted octanol–water partition coefficient (Wildman–Crippen LogP) is 1.74. The van der Waals surface area contributed by atoms with Crippen LogP contribution in [0.3, 0.4) is 0 Å². The van der Waals surface area contributed by atoms with E-state index in [9.17, 15) is 0 Å². The number of rotatable bonds is 1. The summed E-state index contributed by atoms with van der Waals surface area (Å²) in [7, 11) is 0. The van der Waals surface area contributed by atoms with Crippen LogP contribution in [0.2, 0.25) is 0 Å². The Morgan fingerprint density at radius 2 is 2.12 bits per heavy atom. The van der Waals surface area contributed by atoms with Gasteiger partial charge in [0.25, 0.3) is 0 Å². The molecule has 3 rings (SSSR count). The van der Waals surface area contributed by atoms with Gasteiger partial charge in [-0.25, -0.2) is 15.0 Å². The van der Waals surface area contributed by atoms with E-state index in [0.717, 1.165) is 17.0 Å². The molecule has 2 N–H and O–H groups in total. The van der Waals surface area contributed by atoms with E-state index in [-0.39, 0.29) is 0 Å². The van der Waals surface area contributed by atoms with Crippen LogP contribution in [0, 0.1) is 6.92 Å². The van der Waals surface area contributed by atoms with Crippen LogP contribution in [-0.2, 0) is 0 Å². The molecular weight excluding hydrogens is 222 g/mol. The van der Waals surface area contributed by atoms with Crippen LogP contribution < -0.4 is 5.73 Å². The Labute approximate surface area is 95.6 Å². The summed E-state index contributed by atoms with van der Waals surface area (Å²) < 4.78 is 1.92. The molecule has 0 bridgehead atoms. The number of thiazole rings is 1. The molecule has 3 heterocycles. The molecule has 0 saturated heterocycles. The standard InChI is InChI=1S/C10H9N5S/c1-6-2-12-10-13-3-8(15(10)4-6)7-5-16-9(11)14-7/h2-5H,1H3,(H2,11,14). The normalized spacial score (nSPS) is 11.1. The molecule has 0 aliphatic carbocycles. The Morgan fingerprint density at radius 3 is 2.88 bits per heavy atom. The molecule has 6 heteroatoms. The van der Waals surface area contributed by atoms with E-state index in [2.05, 4.69) is 15.0 Å². The molecule has 0 amide bonds. The smallest absolute Gasteiger partial charge is 0.234 e. The van der Waals surface area contributed by atoms with E-state index in [4.69, 9.17) is 5.73 Å². The van der Waals surface area contributed by atoms with E-state index < -0.39 is 0 Å². The number of anilines is 1. The second-order valence-electron chi connectivity index (χ2n) is 3.52. The number of hydrogen-bond donors (Lipinski definition) is 1. The molecule has 80 valence electrons. The van der Waals surface area contributed by atoms with E-state index >= 15 is 0 Å². The number of nitrogens with zero attached hydrogens (tertiary/aromatic N) is 4. The molecule has 0 saturated carbocycles. The number of nitrogen functional groups attached to an aromatic ring is 1. The van der Waals surface area contributed by atoms with Crippen molar-refractivity contribution in [1.29, 1.82) is 0 Å². The maximum atomic E-state index is 5.62. The lowest BCUT2D eigenvalue weighted by Gasteiger charge is -1.98. The van der Waals surface area contributed by atoms with E-state index in [0.29, 0.717) is 10.9 Å². The molecule has 0 aliphatic rings. The monoisotopic (exact) mass is 231 g/mol. The zero-order valence-corrected chi connectivity index (χ0v) is 9.40. The molecule has 0 unspecified atom stereocenters. The average molecular weight is 231 g/mol. The largest absolute Gasteiger partial charge is 0.375 e.